The molecule has 1 unspecified atom stereocenters. The minimum Gasteiger partial charge on any atom is -0.393 e. The zero-order valence-electron chi connectivity index (χ0n) is 13.3. The SMILES string of the molecule is C=C1CC[C@H]2C(C)(C)CCC[C@]2(C)[C@H]1CCC(C)O. The summed E-state index contributed by atoms with van der Waals surface area (Å²) in [6, 6.07) is 0. The smallest absolute Gasteiger partial charge is 0.0512 e. The van der Waals surface area contributed by atoms with E-state index in [1.165, 1.54) is 37.7 Å². The number of aliphatic hydroxyl groups excluding tert-OH is 1. The van der Waals surface area contributed by atoms with Gasteiger partial charge in [-0.15, -0.1) is 0 Å². The molecule has 0 aromatic heterocycles. The predicted octanol–water partition coefficient (Wildman–Crippen LogP) is 4.95. The summed E-state index contributed by atoms with van der Waals surface area (Å²) < 4.78 is 0. The van der Waals surface area contributed by atoms with Crippen LogP contribution < -0.4 is 0 Å². The Hall–Kier alpha value is -0.300. The lowest BCUT2D eigenvalue weighted by molar-refractivity contribution is -0.0563. The van der Waals surface area contributed by atoms with Crippen LogP contribution in [-0.4, -0.2) is 11.2 Å². The first-order valence-electron chi connectivity index (χ1n) is 8.13. The lowest BCUT2D eigenvalue weighted by atomic mass is 9.47. The van der Waals surface area contributed by atoms with Gasteiger partial charge in [0.15, 0.2) is 0 Å². The average Bonchev–Trinajstić information content (AvgIpc) is 2.26. The van der Waals surface area contributed by atoms with E-state index < -0.39 is 0 Å². The van der Waals surface area contributed by atoms with Gasteiger partial charge in [-0.3, -0.25) is 0 Å². The molecule has 0 aliphatic heterocycles. The van der Waals surface area contributed by atoms with E-state index in [4.69, 9.17) is 0 Å². The number of aliphatic hydroxyl groups is 1. The van der Waals surface area contributed by atoms with E-state index in [0.717, 1.165) is 18.8 Å². The van der Waals surface area contributed by atoms with Crippen molar-refractivity contribution in [2.75, 3.05) is 0 Å². The third-order valence-electron chi connectivity index (χ3n) is 6.19. The first kappa shape index (κ1) is 15.1. The van der Waals surface area contributed by atoms with Crippen molar-refractivity contribution >= 4 is 0 Å². The number of allylic oxidation sites excluding steroid dienone is 1. The van der Waals surface area contributed by atoms with Crippen molar-refractivity contribution < 1.29 is 5.11 Å². The quantitative estimate of drug-likeness (QED) is 0.715. The first-order chi connectivity index (χ1) is 8.77. The van der Waals surface area contributed by atoms with Crippen molar-refractivity contribution in [3.8, 4) is 0 Å². The molecule has 110 valence electrons. The second-order valence-electron chi connectivity index (χ2n) is 8.08. The molecule has 19 heavy (non-hydrogen) atoms. The molecule has 0 bridgehead atoms. The van der Waals surface area contributed by atoms with Crippen LogP contribution in [0.5, 0.6) is 0 Å². The molecule has 2 aliphatic carbocycles. The zero-order valence-corrected chi connectivity index (χ0v) is 13.3. The van der Waals surface area contributed by atoms with Gasteiger partial charge in [0.05, 0.1) is 6.10 Å². The second-order valence-corrected chi connectivity index (χ2v) is 8.08. The maximum Gasteiger partial charge on any atom is 0.0512 e. The van der Waals surface area contributed by atoms with Crippen LogP contribution in [0.3, 0.4) is 0 Å². The second kappa shape index (κ2) is 5.24. The molecular formula is C18H32O. The highest BCUT2D eigenvalue weighted by Crippen LogP contribution is 2.61. The summed E-state index contributed by atoms with van der Waals surface area (Å²) in [5.74, 6) is 1.46. The fraction of sp³-hybridized carbons (Fsp3) is 0.889. The summed E-state index contributed by atoms with van der Waals surface area (Å²) in [6.45, 7) is 13.7. The Labute approximate surface area is 119 Å². The Kier molecular flexibility index (Phi) is 4.16. The minimum absolute atomic E-state index is 0.173. The van der Waals surface area contributed by atoms with Crippen LogP contribution in [-0.2, 0) is 0 Å². The van der Waals surface area contributed by atoms with E-state index in [9.17, 15) is 5.11 Å². The molecule has 0 aromatic rings. The normalized spacial score (nSPS) is 39.7. The lowest BCUT2D eigenvalue weighted by Gasteiger charge is -2.58. The fourth-order valence-corrected chi connectivity index (χ4v) is 5.22. The summed E-state index contributed by atoms with van der Waals surface area (Å²) in [7, 11) is 0. The fourth-order valence-electron chi connectivity index (χ4n) is 5.22. The average molecular weight is 264 g/mol. The van der Waals surface area contributed by atoms with Crippen molar-refractivity contribution in [2.24, 2.45) is 22.7 Å². The minimum atomic E-state index is -0.173. The largest absolute Gasteiger partial charge is 0.393 e. The van der Waals surface area contributed by atoms with Gasteiger partial charge in [-0.1, -0.05) is 39.3 Å². The molecule has 1 nitrogen and oxygen atoms in total. The number of hydrogen-bond donors (Lipinski definition) is 1. The van der Waals surface area contributed by atoms with Gasteiger partial charge in [0.25, 0.3) is 0 Å². The molecule has 0 heterocycles. The Balaban J connectivity index is 2.22. The number of fused-ring (bicyclic) bond motifs is 1. The molecular weight excluding hydrogens is 232 g/mol. The van der Waals surface area contributed by atoms with Crippen molar-refractivity contribution in [1.82, 2.24) is 0 Å². The van der Waals surface area contributed by atoms with Crippen LogP contribution in [0.1, 0.15) is 72.6 Å². The lowest BCUT2D eigenvalue weighted by Crippen LogP contribution is -2.49. The Morgan fingerprint density at radius 3 is 2.63 bits per heavy atom. The molecule has 0 radical (unpaired) electrons. The highest BCUT2D eigenvalue weighted by Gasteiger charge is 2.52. The molecule has 0 saturated heterocycles. The van der Waals surface area contributed by atoms with Crippen molar-refractivity contribution in [1.29, 1.82) is 0 Å². The molecule has 0 spiro atoms. The van der Waals surface area contributed by atoms with Crippen LogP contribution in [0, 0.1) is 22.7 Å². The summed E-state index contributed by atoms with van der Waals surface area (Å²) in [5, 5.41) is 9.62. The molecule has 2 saturated carbocycles. The maximum absolute atomic E-state index is 9.62. The molecule has 0 amide bonds. The topological polar surface area (TPSA) is 20.2 Å². The van der Waals surface area contributed by atoms with E-state index >= 15 is 0 Å². The van der Waals surface area contributed by atoms with Gasteiger partial charge in [-0.2, -0.15) is 0 Å². The molecule has 2 rings (SSSR count). The molecule has 4 atom stereocenters. The van der Waals surface area contributed by atoms with Crippen molar-refractivity contribution in [3.63, 3.8) is 0 Å². The Morgan fingerprint density at radius 1 is 1.32 bits per heavy atom. The van der Waals surface area contributed by atoms with Gasteiger partial charge < -0.3 is 5.11 Å². The summed E-state index contributed by atoms with van der Waals surface area (Å²) in [5.41, 5.74) is 2.36. The number of rotatable bonds is 3. The Bertz CT molecular complexity index is 342. The van der Waals surface area contributed by atoms with Crippen LogP contribution in [0.4, 0.5) is 0 Å². The van der Waals surface area contributed by atoms with Gasteiger partial charge in [0, 0.05) is 0 Å². The summed E-state index contributed by atoms with van der Waals surface area (Å²) >= 11 is 0. The summed E-state index contributed by atoms with van der Waals surface area (Å²) in [6.07, 6.45) is 8.49. The molecule has 1 heteroatoms. The Morgan fingerprint density at radius 2 is 2.00 bits per heavy atom. The van der Waals surface area contributed by atoms with Crippen LogP contribution in [0.2, 0.25) is 0 Å². The van der Waals surface area contributed by atoms with Crippen LogP contribution >= 0.6 is 0 Å². The highest BCUT2D eigenvalue weighted by atomic mass is 16.3. The predicted molar refractivity (Wildman–Crippen MR) is 82.0 cm³/mol. The first-order valence-corrected chi connectivity index (χ1v) is 8.13. The number of hydrogen-bond acceptors (Lipinski definition) is 1. The van der Waals surface area contributed by atoms with E-state index in [2.05, 4.69) is 27.4 Å². The van der Waals surface area contributed by atoms with E-state index in [1.807, 2.05) is 6.92 Å². The van der Waals surface area contributed by atoms with Gasteiger partial charge >= 0.3 is 0 Å². The van der Waals surface area contributed by atoms with Gasteiger partial charge in [0.1, 0.15) is 0 Å². The molecule has 0 aromatic carbocycles. The third-order valence-corrected chi connectivity index (χ3v) is 6.19. The van der Waals surface area contributed by atoms with Gasteiger partial charge in [-0.25, -0.2) is 0 Å². The standard InChI is InChI=1S/C18H32O/c1-13-7-10-16-17(3,4)11-6-12-18(16,5)15(13)9-8-14(2)19/h14-16,19H,1,6-12H2,2-5H3/t14?,15-,16-,18+/m0/s1. The van der Waals surface area contributed by atoms with Crippen molar-refractivity contribution in [3.05, 3.63) is 12.2 Å². The van der Waals surface area contributed by atoms with E-state index in [0.29, 0.717) is 16.7 Å². The monoisotopic (exact) mass is 264 g/mol. The molecule has 1 N–H and O–H groups in total. The van der Waals surface area contributed by atoms with Gasteiger partial charge in [-0.05, 0) is 68.1 Å². The third kappa shape index (κ3) is 2.77. The zero-order chi connectivity index (χ0) is 14.3. The van der Waals surface area contributed by atoms with Crippen LogP contribution in [0.15, 0.2) is 12.2 Å². The molecule has 2 aliphatic rings. The van der Waals surface area contributed by atoms with E-state index in [-0.39, 0.29) is 6.10 Å². The van der Waals surface area contributed by atoms with Crippen molar-refractivity contribution in [2.45, 2.75) is 78.7 Å². The van der Waals surface area contributed by atoms with Crippen LogP contribution in [0.25, 0.3) is 0 Å². The molecule has 2 fully saturated rings. The highest BCUT2D eigenvalue weighted by molar-refractivity contribution is 5.15. The van der Waals surface area contributed by atoms with E-state index in [1.54, 1.807) is 0 Å². The maximum atomic E-state index is 9.62. The van der Waals surface area contributed by atoms with Gasteiger partial charge in [0.2, 0.25) is 0 Å². The summed E-state index contributed by atoms with van der Waals surface area (Å²) in [4.78, 5) is 0.